The summed E-state index contributed by atoms with van der Waals surface area (Å²) in [6, 6.07) is 6.86. The smallest absolute Gasteiger partial charge is 0.255 e. The highest BCUT2D eigenvalue weighted by Crippen LogP contribution is 2.32. The zero-order valence-corrected chi connectivity index (χ0v) is 13.7. The summed E-state index contributed by atoms with van der Waals surface area (Å²) in [4.78, 5) is 14.5. The van der Waals surface area contributed by atoms with E-state index in [9.17, 15) is 4.79 Å². The highest BCUT2D eigenvalue weighted by molar-refractivity contribution is 6.32. The summed E-state index contributed by atoms with van der Waals surface area (Å²) < 4.78 is 6.13. The molecule has 1 aromatic carbocycles. The summed E-state index contributed by atoms with van der Waals surface area (Å²) in [6.07, 6.45) is 8.95. The molecule has 2 N–H and O–H groups in total. The number of pyridine rings is 1. The highest BCUT2D eigenvalue weighted by Gasteiger charge is 2.28. The van der Waals surface area contributed by atoms with Crippen LogP contribution in [0, 0.1) is 0 Å². The molecule has 2 fully saturated rings. The predicted octanol–water partition coefficient (Wildman–Crippen LogP) is 3.62. The first-order valence-electron chi connectivity index (χ1n) is 8.43. The quantitative estimate of drug-likeness (QED) is 0.899. The van der Waals surface area contributed by atoms with E-state index in [0.717, 1.165) is 37.1 Å². The first-order valence-corrected chi connectivity index (χ1v) is 8.80. The van der Waals surface area contributed by atoms with Crippen molar-refractivity contribution in [2.75, 3.05) is 0 Å². The van der Waals surface area contributed by atoms with Gasteiger partial charge in [-0.3, -0.25) is 4.79 Å². The van der Waals surface area contributed by atoms with E-state index in [1.54, 1.807) is 12.3 Å². The zero-order chi connectivity index (χ0) is 15.8. The molecule has 0 saturated heterocycles. The largest absolute Gasteiger partial charge is 0.489 e. The van der Waals surface area contributed by atoms with E-state index in [4.69, 9.17) is 16.3 Å². The van der Waals surface area contributed by atoms with Crippen LogP contribution in [0.1, 0.15) is 38.5 Å². The van der Waals surface area contributed by atoms with Crippen LogP contribution in [0.5, 0.6) is 5.75 Å². The summed E-state index contributed by atoms with van der Waals surface area (Å²) in [6.45, 7) is 0. The molecule has 0 unspecified atom stereocenters. The van der Waals surface area contributed by atoms with Crippen LogP contribution in [0.4, 0.5) is 0 Å². The SMILES string of the molecule is O=c1[nH]ccc2cc(OC3CCC(NC4CC4)CC3)c(Cl)cc12. The zero-order valence-electron chi connectivity index (χ0n) is 13.0. The van der Waals surface area contributed by atoms with Gasteiger partial charge in [-0.2, -0.15) is 0 Å². The van der Waals surface area contributed by atoms with Crippen molar-refractivity contribution in [1.29, 1.82) is 0 Å². The van der Waals surface area contributed by atoms with Crippen molar-refractivity contribution in [3.8, 4) is 5.75 Å². The summed E-state index contributed by atoms with van der Waals surface area (Å²) in [5.41, 5.74) is -0.123. The fourth-order valence-corrected chi connectivity index (χ4v) is 3.60. The van der Waals surface area contributed by atoms with Gasteiger partial charge in [-0.25, -0.2) is 0 Å². The Morgan fingerprint density at radius 3 is 2.48 bits per heavy atom. The van der Waals surface area contributed by atoms with Gasteiger partial charge in [-0.15, -0.1) is 0 Å². The molecule has 0 amide bonds. The van der Waals surface area contributed by atoms with Gasteiger partial charge in [-0.05, 0) is 62.1 Å². The monoisotopic (exact) mass is 332 g/mol. The minimum absolute atomic E-state index is 0.123. The minimum atomic E-state index is -0.123. The van der Waals surface area contributed by atoms with E-state index >= 15 is 0 Å². The van der Waals surface area contributed by atoms with E-state index in [-0.39, 0.29) is 11.7 Å². The molecule has 0 bridgehead atoms. The molecule has 2 aliphatic rings. The average Bonchev–Trinajstić information content (AvgIpc) is 3.35. The molecule has 0 aliphatic heterocycles. The number of aromatic amines is 1. The molecule has 1 aromatic heterocycles. The summed E-state index contributed by atoms with van der Waals surface area (Å²) in [7, 11) is 0. The van der Waals surface area contributed by atoms with Gasteiger partial charge in [0.15, 0.2) is 0 Å². The number of rotatable bonds is 4. The number of fused-ring (bicyclic) bond motifs is 1. The third kappa shape index (κ3) is 3.38. The lowest BCUT2D eigenvalue weighted by Crippen LogP contribution is -2.37. The molecule has 0 radical (unpaired) electrons. The molecule has 5 heteroatoms. The predicted molar refractivity (Wildman–Crippen MR) is 92.4 cm³/mol. The molecule has 2 aliphatic carbocycles. The Labute approximate surface area is 140 Å². The van der Waals surface area contributed by atoms with Crippen LogP contribution in [-0.4, -0.2) is 23.2 Å². The van der Waals surface area contributed by atoms with E-state index < -0.39 is 0 Å². The minimum Gasteiger partial charge on any atom is -0.489 e. The lowest BCUT2D eigenvalue weighted by molar-refractivity contribution is 0.139. The van der Waals surface area contributed by atoms with Crippen LogP contribution >= 0.6 is 11.6 Å². The van der Waals surface area contributed by atoms with E-state index in [1.165, 1.54) is 12.8 Å². The van der Waals surface area contributed by atoms with Crippen molar-refractivity contribution in [2.45, 2.75) is 56.7 Å². The lowest BCUT2D eigenvalue weighted by atomic mass is 9.93. The Hall–Kier alpha value is -1.52. The Kier molecular flexibility index (Phi) is 4.04. The number of ether oxygens (including phenoxy) is 1. The first-order chi connectivity index (χ1) is 11.2. The Morgan fingerprint density at radius 1 is 1.09 bits per heavy atom. The summed E-state index contributed by atoms with van der Waals surface area (Å²) in [5.74, 6) is 0.684. The maximum atomic E-state index is 11.8. The fraction of sp³-hybridized carbons (Fsp3) is 0.500. The van der Waals surface area contributed by atoms with Gasteiger partial charge in [0, 0.05) is 23.7 Å². The second-order valence-electron chi connectivity index (χ2n) is 6.71. The van der Waals surface area contributed by atoms with Gasteiger partial charge >= 0.3 is 0 Å². The molecular formula is C18H21ClN2O2. The van der Waals surface area contributed by atoms with E-state index in [1.807, 2.05) is 12.1 Å². The molecule has 23 heavy (non-hydrogen) atoms. The van der Waals surface area contributed by atoms with Crippen molar-refractivity contribution < 1.29 is 4.74 Å². The van der Waals surface area contributed by atoms with Gasteiger partial charge in [-0.1, -0.05) is 11.6 Å². The van der Waals surface area contributed by atoms with Gasteiger partial charge in [0.1, 0.15) is 5.75 Å². The maximum Gasteiger partial charge on any atom is 0.255 e. The molecule has 4 rings (SSSR count). The summed E-state index contributed by atoms with van der Waals surface area (Å²) >= 11 is 6.31. The first kappa shape index (κ1) is 15.0. The standard InChI is InChI=1S/C18H21ClN2O2/c19-16-10-15-11(7-8-20-18(15)22)9-17(16)23-14-5-3-13(4-6-14)21-12-1-2-12/h7-10,12-14,21H,1-6H2,(H,20,22). The van der Waals surface area contributed by atoms with Gasteiger partial charge in [0.2, 0.25) is 0 Å². The third-order valence-corrected chi connectivity index (χ3v) is 5.14. The fourth-order valence-electron chi connectivity index (χ4n) is 3.39. The molecular weight excluding hydrogens is 312 g/mol. The second-order valence-corrected chi connectivity index (χ2v) is 7.12. The number of benzene rings is 1. The molecule has 2 saturated carbocycles. The Morgan fingerprint density at radius 2 is 1.78 bits per heavy atom. The van der Waals surface area contributed by atoms with Crippen molar-refractivity contribution in [2.24, 2.45) is 0 Å². The third-order valence-electron chi connectivity index (χ3n) is 4.84. The van der Waals surface area contributed by atoms with Crippen molar-refractivity contribution in [3.63, 3.8) is 0 Å². The number of hydrogen-bond acceptors (Lipinski definition) is 3. The second kappa shape index (κ2) is 6.17. The maximum absolute atomic E-state index is 11.8. The number of H-pyrrole nitrogens is 1. The van der Waals surface area contributed by atoms with E-state index in [2.05, 4.69) is 10.3 Å². The van der Waals surface area contributed by atoms with Crippen LogP contribution in [0.25, 0.3) is 10.8 Å². The highest BCUT2D eigenvalue weighted by atomic mass is 35.5. The van der Waals surface area contributed by atoms with Crippen LogP contribution in [0.2, 0.25) is 5.02 Å². The number of halogens is 1. The number of hydrogen-bond donors (Lipinski definition) is 2. The normalized spacial score (nSPS) is 24.7. The average molecular weight is 333 g/mol. The van der Waals surface area contributed by atoms with Crippen LogP contribution in [-0.2, 0) is 0 Å². The molecule has 4 nitrogen and oxygen atoms in total. The molecule has 1 heterocycles. The summed E-state index contributed by atoms with van der Waals surface area (Å²) in [5, 5.41) is 5.66. The van der Waals surface area contributed by atoms with Gasteiger partial charge < -0.3 is 15.0 Å². The van der Waals surface area contributed by atoms with Crippen LogP contribution in [0.15, 0.2) is 29.2 Å². The number of aromatic nitrogens is 1. The van der Waals surface area contributed by atoms with E-state index in [0.29, 0.717) is 22.2 Å². The van der Waals surface area contributed by atoms with Gasteiger partial charge in [0.25, 0.3) is 5.56 Å². The van der Waals surface area contributed by atoms with Crippen molar-refractivity contribution in [1.82, 2.24) is 10.3 Å². The number of nitrogens with one attached hydrogen (secondary N) is 2. The molecule has 122 valence electrons. The van der Waals surface area contributed by atoms with Crippen LogP contribution in [0.3, 0.4) is 0 Å². The molecule has 0 atom stereocenters. The van der Waals surface area contributed by atoms with Crippen LogP contribution < -0.4 is 15.6 Å². The lowest BCUT2D eigenvalue weighted by Gasteiger charge is -2.30. The topological polar surface area (TPSA) is 54.1 Å². The van der Waals surface area contributed by atoms with Crippen molar-refractivity contribution >= 4 is 22.4 Å². The van der Waals surface area contributed by atoms with Gasteiger partial charge in [0.05, 0.1) is 11.1 Å². The van der Waals surface area contributed by atoms with Crippen molar-refractivity contribution in [3.05, 3.63) is 39.8 Å². The molecule has 2 aromatic rings. The Balaban J connectivity index is 1.45. The molecule has 0 spiro atoms. The Bertz CT molecular complexity index is 761.